The molecule has 4 heteroatoms. The van der Waals surface area contributed by atoms with Gasteiger partial charge in [0.15, 0.2) is 0 Å². The first-order valence-corrected chi connectivity index (χ1v) is 18.7. The second-order valence-electron chi connectivity index (χ2n) is 12.6. The Labute approximate surface area is 268 Å². The number of carbonyl (C=O) groups excluding carboxylic acids is 1. The molecule has 2 unspecified atom stereocenters. The first kappa shape index (κ1) is 41.6. The standard InChI is InChI=1S/C39H73NO3/c1-3-5-7-9-11-13-15-17-19-21-22-24-26-28-30-32-34-38(42)37(36-41)40-39(43)35-33-31-29-27-25-23-20-18-16-14-12-10-8-6-4-2/h18,20,24,26,32,34,37-38,41-42H,3-17,19,21-23,25,27-31,33,35-36H2,1-2H3,(H,40,43)/b20-18-,26-24+,34-32+. The highest BCUT2D eigenvalue weighted by molar-refractivity contribution is 5.76. The van der Waals surface area contributed by atoms with Gasteiger partial charge in [0.25, 0.3) is 0 Å². The van der Waals surface area contributed by atoms with Crippen LogP contribution in [0.1, 0.15) is 187 Å². The van der Waals surface area contributed by atoms with Crippen LogP contribution in [-0.4, -0.2) is 34.9 Å². The van der Waals surface area contributed by atoms with Crippen LogP contribution in [-0.2, 0) is 4.79 Å². The van der Waals surface area contributed by atoms with Gasteiger partial charge in [-0.15, -0.1) is 0 Å². The molecule has 43 heavy (non-hydrogen) atoms. The van der Waals surface area contributed by atoms with Crippen LogP contribution in [0.15, 0.2) is 36.5 Å². The van der Waals surface area contributed by atoms with Crippen molar-refractivity contribution in [2.45, 2.75) is 199 Å². The van der Waals surface area contributed by atoms with Crippen LogP contribution in [0.4, 0.5) is 0 Å². The molecule has 1 amide bonds. The molecule has 0 aromatic heterocycles. The first-order chi connectivity index (χ1) is 21.2. The van der Waals surface area contributed by atoms with Gasteiger partial charge in [0, 0.05) is 6.42 Å². The summed E-state index contributed by atoms with van der Waals surface area (Å²) in [7, 11) is 0. The van der Waals surface area contributed by atoms with Gasteiger partial charge in [-0.2, -0.15) is 0 Å². The van der Waals surface area contributed by atoms with Crippen molar-refractivity contribution in [1.29, 1.82) is 0 Å². The summed E-state index contributed by atoms with van der Waals surface area (Å²) in [6.07, 6.45) is 45.1. The molecule has 3 N–H and O–H groups in total. The molecular weight excluding hydrogens is 530 g/mol. The van der Waals surface area contributed by atoms with Crippen molar-refractivity contribution < 1.29 is 15.0 Å². The lowest BCUT2D eigenvalue weighted by Crippen LogP contribution is -2.45. The third kappa shape index (κ3) is 31.8. The van der Waals surface area contributed by atoms with E-state index in [2.05, 4.69) is 43.5 Å². The first-order valence-electron chi connectivity index (χ1n) is 18.7. The maximum Gasteiger partial charge on any atom is 0.220 e. The number of rotatable bonds is 33. The smallest absolute Gasteiger partial charge is 0.220 e. The molecular formula is C39H73NO3. The fourth-order valence-electron chi connectivity index (χ4n) is 5.42. The van der Waals surface area contributed by atoms with Gasteiger partial charge >= 0.3 is 0 Å². The highest BCUT2D eigenvalue weighted by Gasteiger charge is 2.17. The molecule has 0 aliphatic heterocycles. The van der Waals surface area contributed by atoms with E-state index in [9.17, 15) is 15.0 Å². The van der Waals surface area contributed by atoms with E-state index < -0.39 is 12.1 Å². The van der Waals surface area contributed by atoms with Gasteiger partial charge in [-0.3, -0.25) is 4.79 Å². The number of carbonyl (C=O) groups is 1. The van der Waals surface area contributed by atoms with Gasteiger partial charge in [-0.25, -0.2) is 0 Å². The Morgan fingerprint density at radius 1 is 0.535 bits per heavy atom. The van der Waals surface area contributed by atoms with Crippen LogP contribution in [0.25, 0.3) is 0 Å². The maximum atomic E-state index is 12.3. The van der Waals surface area contributed by atoms with E-state index in [0.29, 0.717) is 6.42 Å². The summed E-state index contributed by atoms with van der Waals surface area (Å²) < 4.78 is 0. The van der Waals surface area contributed by atoms with E-state index in [1.54, 1.807) is 6.08 Å². The average Bonchev–Trinajstić information content (AvgIpc) is 3.01. The van der Waals surface area contributed by atoms with Crippen molar-refractivity contribution in [2.24, 2.45) is 0 Å². The van der Waals surface area contributed by atoms with Crippen molar-refractivity contribution in [3.8, 4) is 0 Å². The fourth-order valence-corrected chi connectivity index (χ4v) is 5.42. The number of hydrogen-bond donors (Lipinski definition) is 3. The number of aliphatic hydroxyl groups excluding tert-OH is 2. The van der Waals surface area contributed by atoms with E-state index in [-0.39, 0.29) is 12.5 Å². The number of nitrogens with one attached hydrogen (secondary N) is 1. The molecule has 0 fully saturated rings. The normalized spacial score (nSPS) is 13.5. The molecule has 0 aliphatic carbocycles. The van der Waals surface area contributed by atoms with Gasteiger partial charge in [0.2, 0.25) is 5.91 Å². The Bertz CT molecular complexity index is 657. The minimum Gasteiger partial charge on any atom is -0.394 e. The summed E-state index contributed by atoms with van der Waals surface area (Å²) in [5.41, 5.74) is 0. The number of hydrogen-bond acceptors (Lipinski definition) is 3. The van der Waals surface area contributed by atoms with E-state index in [1.807, 2.05) is 6.08 Å². The third-order valence-electron chi connectivity index (χ3n) is 8.35. The number of allylic oxidation sites excluding steroid dienone is 5. The van der Waals surface area contributed by atoms with Gasteiger partial charge < -0.3 is 15.5 Å². The largest absolute Gasteiger partial charge is 0.394 e. The molecule has 4 nitrogen and oxygen atoms in total. The van der Waals surface area contributed by atoms with Gasteiger partial charge in [0.1, 0.15) is 0 Å². The van der Waals surface area contributed by atoms with Crippen molar-refractivity contribution in [3.05, 3.63) is 36.5 Å². The highest BCUT2D eigenvalue weighted by Crippen LogP contribution is 2.12. The van der Waals surface area contributed by atoms with Crippen LogP contribution in [0.5, 0.6) is 0 Å². The molecule has 0 saturated heterocycles. The van der Waals surface area contributed by atoms with Crippen molar-refractivity contribution in [2.75, 3.05) is 6.61 Å². The van der Waals surface area contributed by atoms with Crippen LogP contribution < -0.4 is 5.32 Å². The summed E-state index contributed by atoms with van der Waals surface area (Å²) >= 11 is 0. The second kappa shape index (κ2) is 35.1. The molecule has 0 bridgehead atoms. The quantitative estimate of drug-likeness (QED) is 0.0516. The van der Waals surface area contributed by atoms with Gasteiger partial charge in [-0.05, 0) is 57.8 Å². The highest BCUT2D eigenvalue weighted by atomic mass is 16.3. The Balaban J connectivity index is 3.69. The zero-order chi connectivity index (χ0) is 31.5. The lowest BCUT2D eigenvalue weighted by Gasteiger charge is -2.19. The van der Waals surface area contributed by atoms with Crippen molar-refractivity contribution in [1.82, 2.24) is 5.32 Å². The van der Waals surface area contributed by atoms with Crippen LogP contribution in [0.2, 0.25) is 0 Å². The molecule has 0 aliphatic rings. The Morgan fingerprint density at radius 3 is 1.35 bits per heavy atom. The predicted octanol–water partition coefficient (Wildman–Crippen LogP) is 11.1. The molecule has 0 rings (SSSR count). The molecule has 0 saturated carbocycles. The van der Waals surface area contributed by atoms with E-state index in [1.165, 1.54) is 122 Å². The molecule has 2 atom stereocenters. The SMILES string of the molecule is CCCCCCCC/C=C\CCCCCCCC(=O)NC(CO)C(O)/C=C/CC/C=C/CCCCCCCCCCCC. The number of amides is 1. The second-order valence-corrected chi connectivity index (χ2v) is 12.6. The maximum absolute atomic E-state index is 12.3. The van der Waals surface area contributed by atoms with E-state index in [4.69, 9.17) is 0 Å². The Kier molecular flexibility index (Phi) is 34.0. The lowest BCUT2D eigenvalue weighted by molar-refractivity contribution is -0.123. The predicted molar refractivity (Wildman–Crippen MR) is 188 cm³/mol. The van der Waals surface area contributed by atoms with Crippen molar-refractivity contribution >= 4 is 5.91 Å². The zero-order valence-corrected chi connectivity index (χ0v) is 28.7. The van der Waals surface area contributed by atoms with Gasteiger partial charge in [-0.1, -0.05) is 159 Å². The van der Waals surface area contributed by atoms with Gasteiger partial charge in [0.05, 0.1) is 18.8 Å². The van der Waals surface area contributed by atoms with Crippen LogP contribution >= 0.6 is 0 Å². The fraction of sp³-hybridized carbons (Fsp3) is 0.821. The zero-order valence-electron chi connectivity index (χ0n) is 28.7. The summed E-state index contributed by atoms with van der Waals surface area (Å²) in [4.78, 5) is 12.3. The molecule has 0 aromatic carbocycles. The van der Waals surface area contributed by atoms with E-state index >= 15 is 0 Å². The minimum atomic E-state index is -0.862. The number of unbranched alkanes of at least 4 members (excludes halogenated alkanes) is 22. The molecule has 0 radical (unpaired) electrons. The topological polar surface area (TPSA) is 69.6 Å². The van der Waals surface area contributed by atoms with E-state index in [0.717, 1.165) is 44.9 Å². The third-order valence-corrected chi connectivity index (χ3v) is 8.35. The van der Waals surface area contributed by atoms with Crippen LogP contribution in [0.3, 0.4) is 0 Å². The summed E-state index contributed by atoms with van der Waals surface area (Å²) in [6.45, 7) is 4.27. The summed E-state index contributed by atoms with van der Waals surface area (Å²) in [6, 6.07) is -0.640. The Morgan fingerprint density at radius 2 is 0.907 bits per heavy atom. The molecule has 0 heterocycles. The monoisotopic (exact) mass is 604 g/mol. The molecule has 0 aromatic rings. The average molecular weight is 604 g/mol. The summed E-state index contributed by atoms with van der Waals surface area (Å²) in [5.74, 6) is -0.0842. The molecule has 0 spiro atoms. The Hall–Kier alpha value is -1.39. The summed E-state index contributed by atoms with van der Waals surface area (Å²) in [5, 5.41) is 22.9. The lowest BCUT2D eigenvalue weighted by atomic mass is 10.1. The van der Waals surface area contributed by atoms with Crippen molar-refractivity contribution in [3.63, 3.8) is 0 Å². The molecule has 252 valence electrons. The minimum absolute atomic E-state index is 0.0842. The van der Waals surface area contributed by atoms with Crippen LogP contribution in [0, 0.1) is 0 Å². The number of aliphatic hydroxyl groups is 2.